The molecule has 2 bridgehead atoms. The standard InChI is InChI=1S/C26H34O9/c1-3-7-23(8-4-1)25-30-17-11-27-14-20-33-26(24-9-5-2-6-10-24,34-21-15-28-12-18-31-25)35-22-16-29-13-19-32-25/h1-10H,11-22H2. The van der Waals surface area contributed by atoms with Gasteiger partial charge >= 0.3 is 11.9 Å². The number of fused-ring (bicyclic) bond motifs is 18. The van der Waals surface area contributed by atoms with E-state index in [2.05, 4.69) is 0 Å². The largest absolute Gasteiger partial charge is 0.377 e. The average Bonchev–Trinajstić information content (AvgIpc) is 2.90. The molecule has 9 heteroatoms. The SMILES string of the molecule is c1ccc(C23OCCOCCOC(c4ccccc4)(OCCOCCO2)OCCOCCO3)cc1. The van der Waals surface area contributed by atoms with Crippen molar-refractivity contribution in [1.82, 2.24) is 0 Å². The van der Waals surface area contributed by atoms with E-state index in [0.29, 0.717) is 39.6 Å². The third-order valence-corrected chi connectivity index (χ3v) is 5.37. The first kappa shape index (κ1) is 26.2. The van der Waals surface area contributed by atoms with Crippen molar-refractivity contribution in [2.75, 3.05) is 79.3 Å². The molecule has 5 rings (SSSR count). The van der Waals surface area contributed by atoms with E-state index in [-0.39, 0.29) is 39.6 Å². The highest BCUT2D eigenvalue weighted by Gasteiger charge is 2.38. The molecular formula is C26H34O9. The monoisotopic (exact) mass is 490 g/mol. The Hall–Kier alpha value is -1.92. The summed E-state index contributed by atoms with van der Waals surface area (Å²) in [4.78, 5) is 0. The summed E-state index contributed by atoms with van der Waals surface area (Å²) in [6, 6.07) is 19.1. The predicted octanol–water partition coefficient (Wildman–Crippen LogP) is 2.78. The van der Waals surface area contributed by atoms with Crippen molar-refractivity contribution in [3.63, 3.8) is 0 Å². The van der Waals surface area contributed by atoms with Gasteiger partial charge in [-0.15, -0.1) is 0 Å². The van der Waals surface area contributed by atoms with Gasteiger partial charge in [0.2, 0.25) is 0 Å². The van der Waals surface area contributed by atoms with Crippen LogP contribution in [-0.4, -0.2) is 79.3 Å². The van der Waals surface area contributed by atoms with Crippen LogP contribution in [0.2, 0.25) is 0 Å². The number of hydrogen-bond donors (Lipinski definition) is 0. The van der Waals surface area contributed by atoms with Crippen molar-refractivity contribution in [3.8, 4) is 0 Å². The zero-order valence-electron chi connectivity index (χ0n) is 19.9. The summed E-state index contributed by atoms with van der Waals surface area (Å²) in [5, 5.41) is 0. The van der Waals surface area contributed by atoms with Gasteiger partial charge in [0, 0.05) is 11.1 Å². The van der Waals surface area contributed by atoms with Gasteiger partial charge in [-0.1, -0.05) is 60.7 Å². The molecule has 0 unspecified atom stereocenters. The lowest BCUT2D eigenvalue weighted by atomic mass is 10.2. The van der Waals surface area contributed by atoms with Crippen LogP contribution in [0.3, 0.4) is 0 Å². The molecule has 192 valence electrons. The van der Waals surface area contributed by atoms with E-state index in [0.717, 1.165) is 11.1 Å². The van der Waals surface area contributed by atoms with Crippen molar-refractivity contribution < 1.29 is 42.6 Å². The fourth-order valence-electron chi connectivity index (χ4n) is 3.75. The fraction of sp³-hybridized carbons (Fsp3) is 0.538. The Morgan fingerprint density at radius 2 is 0.600 bits per heavy atom. The van der Waals surface area contributed by atoms with Crippen LogP contribution in [-0.2, 0) is 54.6 Å². The van der Waals surface area contributed by atoms with E-state index in [1.54, 1.807) is 0 Å². The second-order valence-electron chi connectivity index (χ2n) is 7.77. The molecule has 2 aromatic carbocycles. The first-order valence-electron chi connectivity index (χ1n) is 12.0. The van der Waals surface area contributed by atoms with Crippen molar-refractivity contribution in [2.24, 2.45) is 0 Å². The molecule has 35 heavy (non-hydrogen) atoms. The summed E-state index contributed by atoms with van der Waals surface area (Å²) in [6.45, 7) is 3.36. The molecule has 0 saturated carbocycles. The van der Waals surface area contributed by atoms with Crippen LogP contribution in [0.1, 0.15) is 11.1 Å². The van der Waals surface area contributed by atoms with E-state index in [1.807, 2.05) is 60.7 Å². The highest BCUT2D eigenvalue weighted by atomic mass is 16.9. The maximum absolute atomic E-state index is 6.15. The molecular weight excluding hydrogens is 456 g/mol. The van der Waals surface area contributed by atoms with E-state index in [9.17, 15) is 0 Å². The highest BCUT2D eigenvalue weighted by Crippen LogP contribution is 2.31. The van der Waals surface area contributed by atoms with E-state index in [1.165, 1.54) is 0 Å². The van der Waals surface area contributed by atoms with Gasteiger partial charge in [0.05, 0.1) is 79.3 Å². The number of rotatable bonds is 2. The summed E-state index contributed by atoms with van der Waals surface area (Å²) < 4.78 is 54.2. The quantitative estimate of drug-likeness (QED) is 0.590. The molecule has 3 saturated heterocycles. The Bertz CT molecular complexity index is 717. The van der Waals surface area contributed by atoms with Crippen molar-refractivity contribution in [3.05, 3.63) is 71.8 Å². The third-order valence-electron chi connectivity index (χ3n) is 5.37. The molecule has 0 radical (unpaired) electrons. The molecule has 3 aliphatic heterocycles. The topological polar surface area (TPSA) is 83.1 Å². The van der Waals surface area contributed by atoms with Crippen LogP contribution in [0.25, 0.3) is 0 Å². The zero-order valence-corrected chi connectivity index (χ0v) is 19.9. The zero-order chi connectivity index (χ0) is 24.1. The van der Waals surface area contributed by atoms with E-state index in [4.69, 9.17) is 42.6 Å². The van der Waals surface area contributed by atoms with Crippen LogP contribution in [0.5, 0.6) is 0 Å². The van der Waals surface area contributed by atoms with Crippen molar-refractivity contribution in [1.29, 1.82) is 0 Å². The second kappa shape index (κ2) is 14.0. The highest BCUT2D eigenvalue weighted by molar-refractivity contribution is 5.19. The minimum Gasteiger partial charge on any atom is -0.377 e. The van der Waals surface area contributed by atoms with Crippen LogP contribution >= 0.6 is 0 Å². The first-order chi connectivity index (χ1) is 17.3. The molecule has 2 aromatic rings. The van der Waals surface area contributed by atoms with Gasteiger partial charge in [0.15, 0.2) is 0 Å². The van der Waals surface area contributed by atoms with Crippen molar-refractivity contribution in [2.45, 2.75) is 11.9 Å². The molecule has 0 spiro atoms. The molecule has 3 fully saturated rings. The van der Waals surface area contributed by atoms with Crippen LogP contribution in [0.4, 0.5) is 0 Å². The van der Waals surface area contributed by atoms with Gasteiger partial charge in [-0.25, -0.2) is 0 Å². The van der Waals surface area contributed by atoms with Crippen LogP contribution < -0.4 is 0 Å². The summed E-state index contributed by atoms with van der Waals surface area (Å²) >= 11 is 0. The minimum atomic E-state index is -1.41. The molecule has 0 atom stereocenters. The molecule has 0 aromatic heterocycles. The van der Waals surface area contributed by atoms with Gasteiger partial charge in [-0.05, 0) is 0 Å². The molecule has 0 aliphatic carbocycles. The van der Waals surface area contributed by atoms with E-state index < -0.39 is 11.9 Å². The fourth-order valence-corrected chi connectivity index (χ4v) is 3.75. The Morgan fingerprint density at radius 1 is 0.343 bits per heavy atom. The lowest BCUT2D eigenvalue weighted by molar-refractivity contribution is -0.407. The normalized spacial score (nSPS) is 28.7. The predicted molar refractivity (Wildman–Crippen MR) is 124 cm³/mol. The Labute approximate surface area is 206 Å². The maximum Gasteiger partial charge on any atom is 0.312 e. The lowest BCUT2D eigenvalue weighted by Gasteiger charge is -2.35. The third kappa shape index (κ3) is 7.53. The lowest BCUT2D eigenvalue weighted by Crippen LogP contribution is -2.41. The molecule has 3 aliphatic rings. The Morgan fingerprint density at radius 3 is 0.857 bits per heavy atom. The van der Waals surface area contributed by atoms with Crippen LogP contribution in [0, 0.1) is 0 Å². The number of ether oxygens (including phenoxy) is 9. The Kier molecular flexibility index (Phi) is 10.4. The van der Waals surface area contributed by atoms with Gasteiger partial charge in [-0.2, -0.15) is 0 Å². The second-order valence-corrected chi connectivity index (χ2v) is 7.77. The van der Waals surface area contributed by atoms with Crippen molar-refractivity contribution >= 4 is 0 Å². The van der Waals surface area contributed by atoms with Gasteiger partial charge in [0.25, 0.3) is 0 Å². The molecule has 0 amide bonds. The van der Waals surface area contributed by atoms with Gasteiger partial charge < -0.3 is 42.6 Å². The minimum absolute atomic E-state index is 0.243. The van der Waals surface area contributed by atoms with Gasteiger partial charge in [0.1, 0.15) is 0 Å². The maximum atomic E-state index is 6.15. The van der Waals surface area contributed by atoms with E-state index >= 15 is 0 Å². The molecule has 9 nitrogen and oxygen atoms in total. The van der Waals surface area contributed by atoms with Crippen LogP contribution in [0.15, 0.2) is 60.7 Å². The van der Waals surface area contributed by atoms with Gasteiger partial charge in [-0.3, -0.25) is 0 Å². The molecule has 3 heterocycles. The summed E-state index contributed by atoms with van der Waals surface area (Å²) in [6.07, 6.45) is 0. The summed E-state index contributed by atoms with van der Waals surface area (Å²) in [7, 11) is 0. The summed E-state index contributed by atoms with van der Waals surface area (Å²) in [5.74, 6) is -2.81. The average molecular weight is 491 g/mol. The molecule has 0 N–H and O–H groups in total. The smallest absolute Gasteiger partial charge is 0.312 e. The number of hydrogen-bond acceptors (Lipinski definition) is 9. The Balaban J connectivity index is 1.56. The summed E-state index contributed by atoms with van der Waals surface area (Å²) in [5.41, 5.74) is 1.48. The first-order valence-corrected chi connectivity index (χ1v) is 12.0. The number of benzene rings is 2.